The summed E-state index contributed by atoms with van der Waals surface area (Å²) in [5.41, 5.74) is 7.37. The smallest absolute Gasteiger partial charge is 0.230 e. The van der Waals surface area contributed by atoms with Gasteiger partial charge in [-0.1, -0.05) is 29.8 Å². The monoisotopic (exact) mass is 290 g/mol. The Morgan fingerprint density at radius 3 is 2.52 bits per heavy atom. The second kappa shape index (κ2) is 7.57. The predicted octanol–water partition coefficient (Wildman–Crippen LogP) is 1.90. The Morgan fingerprint density at radius 1 is 1.24 bits per heavy atom. The molecule has 0 saturated carbocycles. The summed E-state index contributed by atoms with van der Waals surface area (Å²) in [7, 11) is 0. The molecular weight excluding hydrogens is 264 g/mol. The molecule has 1 amide bonds. The van der Waals surface area contributed by atoms with Crippen molar-refractivity contribution in [2.75, 3.05) is 26.3 Å². The molecule has 0 unspecified atom stereocenters. The van der Waals surface area contributed by atoms with E-state index in [0.717, 1.165) is 31.2 Å². The zero-order chi connectivity index (χ0) is 15.1. The average molecular weight is 290 g/mol. The number of nitrogens with one attached hydrogen (secondary N) is 1. The quantitative estimate of drug-likeness (QED) is 0.787. The molecule has 2 rings (SSSR count). The number of unbranched alkanes of at least 4 members (excludes halogenated alkanes) is 1. The van der Waals surface area contributed by atoms with Crippen molar-refractivity contribution in [3.63, 3.8) is 0 Å². The van der Waals surface area contributed by atoms with Crippen LogP contribution >= 0.6 is 0 Å². The van der Waals surface area contributed by atoms with Crippen LogP contribution in [0, 0.1) is 6.92 Å². The van der Waals surface area contributed by atoms with Crippen molar-refractivity contribution >= 4 is 5.91 Å². The lowest BCUT2D eigenvalue weighted by Gasteiger charge is -2.36. The summed E-state index contributed by atoms with van der Waals surface area (Å²) in [6, 6.07) is 8.32. The fourth-order valence-electron chi connectivity index (χ4n) is 2.88. The van der Waals surface area contributed by atoms with E-state index in [2.05, 4.69) is 36.5 Å². The van der Waals surface area contributed by atoms with E-state index in [4.69, 9.17) is 10.5 Å². The van der Waals surface area contributed by atoms with Gasteiger partial charge in [0.15, 0.2) is 0 Å². The molecule has 1 aromatic carbocycles. The second-order valence-electron chi connectivity index (χ2n) is 5.81. The molecule has 3 N–H and O–H groups in total. The van der Waals surface area contributed by atoms with Crippen LogP contribution in [0.4, 0.5) is 0 Å². The zero-order valence-electron chi connectivity index (χ0n) is 12.9. The lowest BCUT2D eigenvalue weighted by Crippen LogP contribution is -2.48. The summed E-state index contributed by atoms with van der Waals surface area (Å²) in [6.45, 7) is 4.72. The molecule has 0 radical (unpaired) electrons. The van der Waals surface area contributed by atoms with Crippen molar-refractivity contribution in [2.45, 2.75) is 38.0 Å². The van der Waals surface area contributed by atoms with Gasteiger partial charge >= 0.3 is 0 Å². The molecule has 1 aliphatic rings. The number of hydrogen-bond donors (Lipinski definition) is 2. The Hall–Kier alpha value is -1.39. The minimum Gasteiger partial charge on any atom is -0.381 e. The first-order valence-electron chi connectivity index (χ1n) is 7.82. The highest BCUT2D eigenvalue weighted by Crippen LogP contribution is 2.35. The van der Waals surface area contributed by atoms with Crippen molar-refractivity contribution in [3.8, 4) is 0 Å². The highest BCUT2D eigenvalue weighted by Gasteiger charge is 2.41. The first-order chi connectivity index (χ1) is 10.2. The Bertz CT molecular complexity index is 450. The molecule has 1 saturated heterocycles. The van der Waals surface area contributed by atoms with Crippen LogP contribution in [0.5, 0.6) is 0 Å². The number of hydrogen-bond acceptors (Lipinski definition) is 3. The third-order valence-electron chi connectivity index (χ3n) is 4.30. The van der Waals surface area contributed by atoms with E-state index in [9.17, 15) is 4.79 Å². The molecule has 1 fully saturated rings. The third kappa shape index (κ3) is 3.83. The van der Waals surface area contributed by atoms with E-state index < -0.39 is 5.41 Å². The summed E-state index contributed by atoms with van der Waals surface area (Å²) < 4.78 is 5.47. The summed E-state index contributed by atoms with van der Waals surface area (Å²) >= 11 is 0. The molecule has 0 aliphatic carbocycles. The second-order valence-corrected chi connectivity index (χ2v) is 5.81. The van der Waals surface area contributed by atoms with Crippen molar-refractivity contribution < 1.29 is 9.53 Å². The van der Waals surface area contributed by atoms with Crippen molar-refractivity contribution in [2.24, 2.45) is 5.73 Å². The van der Waals surface area contributed by atoms with Gasteiger partial charge in [0.2, 0.25) is 5.91 Å². The van der Waals surface area contributed by atoms with Crippen molar-refractivity contribution in [1.82, 2.24) is 5.32 Å². The first-order valence-corrected chi connectivity index (χ1v) is 7.82. The Balaban J connectivity index is 2.12. The van der Waals surface area contributed by atoms with Gasteiger partial charge in [0.05, 0.1) is 5.41 Å². The Labute approximate surface area is 127 Å². The lowest BCUT2D eigenvalue weighted by atomic mass is 9.73. The number of amides is 1. The van der Waals surface area contributed by atoms with Gasteiger partial charge in [-0.25, -0.2) is 0 Å². The zero-order valence-corrected chi connectivity index (χ0v) is 12.9. The summed E-state index contributed by atoms with van der Waals surface area (Å²) in [5, 5.41) is 3.09. The van der Waals surface area contributed by atoms with Crippen LogP contribution in [-0.2, 0) is 14.9 Å². The maximum absolute atomic E-state index is 12.8. The lowest BCUT2D eigenvalue weighted by molar-refractivity contribution is -0.130. The number of rotatable bonds is 6. The molecule has 0 aromatic heterocycles. The van der Waals surface area contributed by atoms with Crippen molar-refractivity contribution in [3.05, 3.63) is 35.4 Å². The van der Waals surface area contributed by atoms with Gasteiger partial charge in [0, 0.05) is 19.8 Å². The third-order valence-corrected chi connectivity index (χ3v) is 4.30. The van der Waals surface area contributed by atoms with Gasteiger partial charge in [-0.15, -0.1) is 0 Å². The van der Waals surface area contributed by atoms with Crippen LogP contribution in [0.3, 0.4) is 0 Å². The maximum Gasteiger partial charge on any atom is 0.230 e. The highest BCUT2D eigenvalue weighted by atomic mass is 16.5. The molecule has 1 heterocycles. The van der Waals surface area contributed by atoms with Crippen LogP contribution in [0.2, 0.25) is 0 Å². The number of carbonyl (C=O) groups excluding carboxylic acids is 1. The van der Waals surface area contributed by atoms with E-state index in [1.54, 1.807) is 0 Å². The molecule has 116 valence electrons. The molecule has 0 spiro atoms. The van der Waals surface area contributed by atoms with E-state index in [1.165, 1.54) is 5.56 Å². The maximum atomic E-state index is 12.8. The van der Waals surface area contributed by atoms with Crippen LogP contribution in [-0.4, -0.2) is 32.2 Å². The number of carbonyl (C=O) groups is 1. The molecule has 4 heteroatoms. The van der Waals surface area contributed by atoms with E-state index in [1.807, 2.05) is 0 Å². The fourth-order valence-corrected chi connectivity index (χ4v) is 2.88. The minimum atomic E-state index is -0.436. The Morgan fingerprint density at radius 2 is 1.90 bits per heavy atom. The standard InChI is InChI=1S/C17H26N2O2/c1-14-4-6-15(7-5-14)17(8-12-21-13-9-17)16(20)19-11-3-2-10-18/h4-7H,2-3,8-13,18H2,1H3,(H,19,20). The summed E-state index contributed by atoms with van der Waals surface area (Å²) in [6.07, 6.45) is 3.38. The first kappa shape index (κ1) is 16.0. The Kier molecular flexibility index (Phi) is 5.76. The van der Waals surface area contributed by atoms with Gasteiger partial charge in [0.25, 0.3) is 0 Å². The molecular formula is C17H26N2O2. The number of benzene rings is 1. The van der Waals surface area contributed by atoms with E-state index in [0.29, 0.717) is 26.3 Å². The SMILES string of the molecule is Cc1ccc(C2(C(=O)NCCCCN)CCOCC2)cc1. The molecule has 1 aliphatic heterocycles. The number of aryl methyl sites for hydroxylation is 1. The summed E-state index contributed by atoms with van der Waals surface area (Å²) in [5.74, 6) is 0.131. The van der Waals surface area contributed by atoms with Crippen LogP contribution < -0.4 is 11.1 Å². The van der Waals surface area contributed by atoms with Crippen LogP contribution in [0.1, 0.15) is 36.8 Å². The minimum absolute atomic E-state index is 0.131. The molecule has 4 nitrogen and oxygen atoms in total. The number of ether oxygens (including phenoxy) is 1. The predicted molar refractivity (Wildman–Crippen MR) is 84.2 cm³/mol. The van der Waals surface area contributed by atoms with Gasteiger partial charge in [-0.05, 0) is 44.7 Å². The molecule has 1 aromatic rings. The molecule has 21 heavy (non-hydrogen) atoms. The average Bonchev–Trinajstić information content (AvgIpc) is 2.52. The van der Waals surface area contributed by atoms with E-state index >= 15 is 0 Å². The van der Waals surface area contributed by atoms with Crippen LogP contribution in [0.25, 0.3) is 0 Å². The van der Waals surface area contributed by atoms with Gasteiger partial charge in [-0.2, -0.15) is 0 Å². The molecule has 0 bridgehead atoms. The van der Waals surface area contributed by atoms with E-state index in [-0.39, 0.29) is 5.91 Å². The largest absolute Gasteiger partial charge is 0.381 e. The topological polar surface area (TPSA) is 64.4 Å². The summed E-state index contributed by atoms with van der Waals surface area (Å²) in [4.78, 5) is 12.8. The van der Waals surface area contributed by atoms with Gasteiger partial charge < -0.3 is 15.8 Å². The normalized spacial score (nSPS) is 17.4. The van der Waals surface area contributed by atoms with Crippen molar-refractivity contribution in [1.29, 1.82) is 0 Å². The van der Waals surface area contributed by atoms with Crippen LogP contribution in [0.15, 0.2) is 24.3 Å². The van der Waals surface area contributed by atoms with Gasteiger partial charge in [0.1, 0.15) is 0 Å². The highest BCUT2D eigenvalue weighted by molar-refractivity contribution is 5.88. The van der Waals surface area contributed by atoms with Gasteiger partial charge in [-0.3, -0.25) is 4.79 Å². The molecule has 0 atom stereocenters. The fraction of sp³-hybridized carbons (Fsp3) is 0.588. The number of nitrogens with two attached hydrogens (primary N) is 1.